The molecule has 0 aliphatic rings. The van der Waals surface area contributed by atoms with Gasteiger partial charge in [0.15, 0.2) is 0 Å². The van der Waals surface area contributed by atoms with Gasteiger partial charge in [-0.1, -0.05) is 17.7 Å². The monoisotopic (exact) mass is 307 g/mol. The third kappa shape index (κ3) is 3.92. The highest BCUT2D eigenvalue weighted by atomic mass is 32.2. The van der Waals surface area contributed by atoms with Crippen LogP contribution in [0.1, 0.15) is 23.9 Å². The quantitative estimate of drug-likeness (QED) is 0.921. The highest BCUT2D eigenvalue weighted by molar-refractivity contribution is 7.89. The molecule has 1 aromatic heterocycles. The lowest BCUT2D eigenvalue weighted by atomic mass is 10.2. The third-order valence-corrected chi connectivity index (χ3v) is 4.84. The Labute approximate surface area is 126 Å². The highest BCUT2D eigenvalue weighted by Gasteiger charge is 2.18. The lowest BCUT2D eigenvalue weighted by molar-refractivity contribution is 0.485. The predicted octanol–water partition coefficient (Wildman–Crippen LogP) is 2.18. The molecule has 0 fully saturated rings. The molecule has 0 amide bonds. The Kier molecular flexibility index (Phi) is 4.49. The molecule has 0 saturated heterocycles. The molecule has 1 aromatic carbocycles. The maximum atomic E-state index is 12.3. The van der Waals surface area contributed by atoms with E-state index in [0.29, 0.717) is 6.54 Å². The Morgan fingerprint density at radius 2 is 1.81 bits per heavy atom. The van der Waals surface area contributed by atoms with Crippen LogP contribution in [0.5, 0.6) is 0 Å². The second-order valence-corrected chi connectivity index (χ2v) is 7.16. The average Bonchev–Trinajstić information content (AvgIpc) is 2.67. The molecule has 0 aliphatic heterocycles. The van der Waals surface area contributed by atoms with Crippen LogP contribution in [0.25, 0.3) is 0 Å². The fourth-order valence-corrected chi connectivity index (χ4v) is 3.44. The number of benzene rings is 1. The summed E-state index contributed by atoms with van der Waals surface area (Å²) < 4.78 is 29.1. The summed E-state index contributed by atoms with van der Waals surface area (Å²) in [6, 6.07) is 8.55. The van der Waals surface area contributed by atoms with E-state index in [4.69, 9.17) is 0 Å². The van der Waals surface area contributed by atoms with E-state index in [1.165, 1.54) is 0 Å². The van der Waals surface area contributed by atoms with Gasteiger partial charge in [0, 0.05) is 11.7 Å². The van der Waals surface area contributed by atoms with E-state index in [1.54, 1.807) is 24.3 Å². The minimum Gasteiger partial charge on any atom is -0.268 e. The average molecular weight is 307 g/mol. The number of hydrogen-bond acceptors (Lipinski definition) is 3. The Bertz CT molecular complexity index is 718. The molecule has 2 rings (SSSR count). The first kappa shape index (κ1) is 15.7. The maximum absolute atomic E-state index is 12.3. The first-order valence-corrected chi connectivity index (χ1v) is 8.36. The first-order chi connectivity index (χ1) is 9.78. The van der Waals surface area contributed by atoms with Crippen molar-refractivity contribution in [3.63, 3.8) is 0 Å². The van der Waals surface area contributed by atoms with Crippen LogP contribution in [-0.2, 0) is 16.6 Å². The van der Waals surface area contributed by atoms with Crippen molar-refractivity contribution >= 4 is 10.0 Å². The van der Waals surface area contributed by atoms with Crippen molar-refractivity contribution in [1.82, 2.24) is 14.5 Å². The summed E-state index contributed by atoms with van der Waals surface area (Å²) in [5.41, 5.74) is 2.99. The highest BCUT2D eigenvalue weighted by Crippen LogP contribution is 2.11. The van der Waals surface area contributed by atoms with Crippen LogP contribution in [0.3, 0.4) is 0 Å². The molecule has 1 atom stereocenters. The van der Waals surface area contributed by atoms with Crippen molar-refractivity contribution < 1.29 is 8.42 Å². The molecule has 6 heteroatoms. The molecule has 1 unspecified atom stereocenters. The SMILES string of the molecule is Cc1ccc(S(=O)(=O)NC(C)Cn2nc(C)cc2C)cc1. The molecule has 0 bridgehead atoms. The molecular weight excluding hydrogens is 286 g/mol. The van der Waals surface area contributed by atoms with Crippen molar-refractivity contribution in [3.8, 4) is 0 Å². The summed E-state index contributed by atoms with van der Waals surface area (Å²) in [6.45, 7) is 8.15. The fourth-order valence-electron chi connectivity index (χ4n) is 2.21. The van der Waals surface area contributed by atoms with Gasteiger partial charge in [-0.15, -0.1) is 0 Å². The van der Waals surface area contributed by atoms with Crippen molar-refractivity contribution in [2.24, 2.45) is 0 Å². The van der Waals surface area contributed by atoms with Crippen LogP contribution in [0.15, 0.2) is 35.2 Å². The molecular formula is C15H21N3O2S. The second kappa shape index (κ2) is 5.99. The van der Waals surface area contributed by atoms with Gasteiger partial charge >= 0.3 is 0 Å². The van der Waals surface area contributed by atoms with Crippen molar-refractivity contribution in [2.75, 3.05) is 0 Å². The molecule has 2 aromatic rings. The number of aryl methyl sites for hydroxylation is 3. The zero-order valence-corrected chi connectivity index (χ0v) is 13.6. The minimum atomic E-state index is -3.49. The van der Waals surface area contributed by atoms with Crippen LogP contribution >= 0.6 is 0 Å². The van der Waals surface area contributed by atoms with E-state index in [2.05, 4.69) is 9.82 Å². The zero-order valence-electron chi connectivity index (χ0n) is 12.8. The van der Waals surface area contributed by atoms with Gasteiger partial charge in [-0.25, -0.2) is 13.1 Å². The normalized spacial score (nSPS) is 13.3. The number of rotatable bonds is 5. The molecule has 0 saturated carbocycles. The van der Waals surface area contributed by atoms with Gasteiger partial charge < -0.3 is 0 Å². The van der Waals surface area contributed by atoms with E-state index < -0.39 is 10.0 Å². The van der Waals surface area contributed by atoms with Crippen LogP contribution < -0.4 is 4.72 Å². The zero-order chi connectivity index (χ0) is 15.6. The topological polar surface area (TPSA) is 64.0 Å². The van der Waals surface area contributed by atoms with Crippen molar-refractivity contribution in [3.05, 3.63) is 47.3 Å². The standard InChI is InChI=1S/C15H21N3O2S/c1-11-5-7-15(8-6-11)21(19,20)17-13(3)10-18-14(4)9-12(2)16-18/h5-9,13,17H,10H2,1-4H3. The number of nitrogens with zero attached hydrogens (tertiary/aromatic N) is 2. The summed E-state index contributed by atoms with van der Waals surface area (Å²) in [5, 5.41) is 4.35. The summed E-state index contributed by atoms with van der Waals surface area (Å²) in [5.74, 6) is 0. The van der Waals surface area contributed by atoms with Crippen LogP contribution in [0, 0.1) is 20.8 Å². The van der Waals surface area contributed by atoms with Crippen molar-refractivity contribution in [1.29, 1.82) is 0 Å². The van der Waals surface area contributed by atoms with Crippen LogP contribution in [0.4, 0.5) is 0 Å². The van der Waals surface area contributed by atoms with E-state index in [1.807, 2.05) is 38.4 Å². The Morgan fingerprint density at radius 3 is 2.33 bits per heavy atom. The maximum Gasteiger partial charge on any atom is 0.240 e. The Morgan fingerprint density at radius 1 is 1.19 bits per heavy atom. The number of hydrogen-bond donors (Lipinski definition) is 1. The van der Waals surface area contributed by atoms with Gasteiger partial charge in [-0.2, -0.15) is 5.10 Å². The van der Waals surface area contributed by atoms with Gasteiger partial charge in [0.25, 0.3) is 0 Å². The molecule has 1 N–H and O–H groups in total. The minimum absolute atomic E-state index is 0.241. The van der Waals surface area contributed by atoms with Crippen LogP contribution in [0.2, 0.25) is 0 Å². The summed E-state index contributed by atoms with van der Waals surface area (Å²) in [4.78, 5) is 0.285. The van der Waals surface area contributed by atoms with E-state index in [0.717, 1.165) is 17.0 Å². The largest absolute Gasteiger partial charge is 0.268 e. The summed E-state index contributed by atoms with van der Waals surface area (Å²) >= 11 is 0. The van der Waals surface area contributed by atoms with Gasteiger partial charge in [0.1, 0.15) is 0 Å². The van der Waals surface area contributed by atoms with E-state index in [-0.39, 0.29) is 10.9 Å². The second-order valence-electron chi connectivity index (χ2n) is 5.44. The lowest BCUT2D eigenvalue weighted by Crippen LogP contribution is -2.36. The van der Waals surface area contributed by atoms with Crippen LogP contribution in [-0.4, -0.2) is 24.2 Å². The lowest BCUT2D eigenvalue weighted by Gasteiger charge is -2.15. The number of sulfonamides is 1. The van der Waals surface area contributed by atoms with E-state index in [9.17, 15) is 8.42 Å². The summed E-state index contributed by atoms with van der Waals surface area (Å²) in [7, 11) is -3.49. The number of nitrogens with one attached hydrogen (secondary N) is 1. The molecule has 114 valence electrons. The number of aromatic nitrogens is 2. The first-order valence-electron chi connectivity index (χ1n) is 6.88. The molecule has 0 radical (unpaired) electrons. The molecule has 5 nitrogen and oxygen atoms in total. The van der Waals surface area contributed by atoms with Gasteiger partial charge in [0.2, 0.25) is 10.0 Å². The molecule has 21 heavy (non-hydrogen) atoms. The predicted molar refractivity (Wildman–Crippen MR) is 82.7 cm³/mol. The fraction of sp³-hybridized carbons (Fsp3) is 0.400. The Hall–Kier alpha value is -1.66. The molecule has 1 heterocycles. The molecule has 0 aliphatic carbocycles. The smallest absolute Gasteiger partial charge is 0.240 e. The summed E-state index contributed by atoms with van der Waals surface area (Å²) in [6.07, 6.45) is 0. The van der Waals surface area contributed by atoms with Crippen molar-refractivity contribution in [2.45, 2.75) is 45.2 Å². The van der Waals surface area contributed by atoms with Gasteiger partial charge in [0.05, 0.1) is 17.1 Å². The molecule has 0 spiro atoms. The Balaban J connectivity index is 2.09. The van der Waals surface area contributed by atoms with Gasteiger partial charge in [-0.3, -0.25) is 4.68 Å². The van der Waals surface area contributed by atoms with Gasteiger partial charge in [-0.05, 0) is 45.9 Å². The van der Waals surface area contributed by atoms with E-state index >= 15 is 0 Å². The third-order valence-electron chi connectivity index (χ3n) is 3.24.